The Balaban J connectivity index is 2.12. The number of benzene rings is 1. The number of hydrogen-bond acceptors (Lipinski definition) is 3. The van der Waals surface area contributed by atoms with Crippen LogP contribution in [0.15, 0.2) is 24.3 Å². The number of methoxy groups -OCH3 is 1. The second-order valence-electron chi connectivity index (χ2n) is 7.08. The Morgan fingerprint density at radius 1 is 1.19 bits per heavy atom. The van der Waals surface area contributed by atoms with Gasteiger partial charge in [0.1, 0.15) is 5.75 Å². The van der Waals surface area contributed by atoms with Crippen LogP contribution >= 0.6 is 0 Å². The van der Waals surface area contributed by atoms with Crippen molar-refractivity contribution in [3.8, 4) is 5.75 Å². The monoisotopic (exact) mass is 290 g/mol. The van der Waals surface area contributed by atoms with E-state index in [2.05, 4.69) is 37.8 Å². The molecule has 1 saturated heterocycles. The van der Waals surface area contributed by atoms with E-state index in [9.17, 15) is 0 Å². The smallest absolute Gasteiger partial charge is 0.118 e. The van der Waals surface area contributed by atoms with Gasteiger partial charge in [-0.3, -0.25) is 4.90 Å². The van der Waals surface area contributed by atoms with E-state index in [1.807, 2.05) is 12.1 Å². The van der Waals surface area contributed by atoms with Gasteiger partial charge in [0.05, 0.1) is 7.11 Å². The fraction of sp³-hybridized carbons (Fsp3) is 0.667. The van der Waals surface area contributed by atoms with E-state index in [0.717, 1.165) is 37.1 Å². The number of piperidine rings is 1. The van der Waals surface area contributed by atoms with E-state index in [4.69, 9.17) is 10.5 Å². The quantitative estimate of drug-likeness (QED) is 0.906. The summed E-state index contributed by atoms with van der Waals surface area (Å²) in [4.78, 5) is 2.61. The number of hydrogen-bond donors (Lipinski definition) is 1. The van der Waals surface area contributed by atoms with Crippen molar-refractivity contribution in [3.05, 3.63) is 29.8 Å². The molecule has 1 fully saturated rings. The Bertz CT molecular complexity index is 435. The minimum atomic E-state index is 0.0392. The first-order valence-electron chi connectivity index (χ1n) is 8.05. The van der Waals surface area contributed by atoms with E-state index in [1.165, 1.54) is 12.0 Å². The van der Waals surface area contributed by atoms with Crippen LogP contribution in [-0.2, 0) is 6.42 Å². The van der Waals surface area contributed by atoms with Crippen LogP contribution in [0.2, 0.25) is 0 Å². The summed E-state index contributed by atoms with van der Waals surface area (Å²) in [6.07, 6.45) is 2.33. The second-order valence-corrected chi connectivity index (χ2v) is 7.08. The normalized spacial score (nSPS) is 26.3. The van der Waals surface area contributed by atoms with Crippen molar-refractivity contribution in [1.82, 2.24) is 4.90 Å². The molecule has 3 nitrogen and oxygen atoms in total. The van der Waals surface area contributed by atoms with E-state index >= 15 is 0 Å². The molecule has 0 spiro atoms. The maximum atomic E-state index is 6.17. The number of nitrogens with two attached hydrogens (primary N) is 1. The van der Waals surface area contributed by atoms with Crippen LogP contribution in [0.1, 0.15) is 32.8 Å². The molecular weight excluding hydrogens is 260 g/mol. The third kappa shape index (κ3) is 3.98. The first kappa shape index (κ1) is 16.3. The Hall–Kier alpha value is -1.06. The minimum absolute atomic E-state index is 0.0392. The molecule has 1 aliphatic heterocycles. The summed E-state index contributed by atoms with van der Waals surface area (Å²) in [5, 5.41) is 0. The molecule has 0 bridgehead atoms. The van der Waals surface area contributed by atoms with Crippen LogP contribution in [0, 0.1) is 11.8 Å². The number of ether oxygens (including phenoxy) is 1. The van der Waals surface area contributed by atoms with Crippen LogP contribution in [0.5, 0.6) is 5.75 Å². The van der Waals surface area contributed by atoms with Crippen molar-refractivity contribution >= 4 is 0 Å². The van der Waals surface area contributed by atoms with E-state index in [1.54, 1.807) is 7.11 Å². The van der Waals surface area contributed by atoms with Crippen LogP contribution in [0.4, 0.5) is 0 Å². The Labute approximate surface area is 129 Å². The molecule has 1 heterocycles. The lowest BCUT2D eigenvalue weighted by atomic mass is 9.84. The summed E-state index contributed by atoms with van der Waals surface area (Å²) in [7, 11) is 1.70. The highest BCUT2D eigenvalue weighted by atomic mass is 16.5. The Morgan fingerprint density at radius 2 is 1.76 bits per heavy atom. The van der Waals surface area contributed by atoms with Crippen LogP contribution in [0.25, 0.3) is 0 Å². The highest BCUT2D eigenvalue weighted by molar-refractivity contribution is 5.28. The summed E-state index contributed by atoms with van der Waals surface area (Å²) >= 11 is 0. The first-order valence-corrected chi connectivity index (χ1v) is 8.05. The molecule has 0 aromatic heterocycles. The predicted octanol–water partition coefficient (Wildman–Crippen LogP) is 2.93. The summed E-state index contributed by atoms with van der Waals surface area (Å²) in [5.41, 5.74) is 7.53. The van der Waals surface area contributed by atoms with Gasteiger partial charge in [0.15, 0.2) is 0 Å². The molecule has 118 valence electrons. The molecule has 2 N–H and O–H groups in total. The summed E-state index contributed by atoms with van der Waals surface area (Å²) in [6, 6.07) is 8.38. The lowest BCUT2D eigenvalue weighted by Gasteiger charge is -2.46. The highest BCUT2D eigenvalue weighted by Gasteiger charge is 2.35. The number of rotatable bonds is 5. The molecule has 3 heteroatoms. The predicted molar refractivity (Wildman–Crippen MR) is 88.7 cm³/mol. The van der Waals surface area contributed by atoms with Crippen LogP contribution in [0.3, 0.4) is 0 Å². The third-order valence-corrected chi connectivity index (χ3v) is 4.82. The van der Waals surface area contributed by atoms with Crippen molar-refractivity contribution in [3.63, 3.8) is 0 Å². The average Bonchev–Trinajstić information content (AvgIpc) is 2.47. The molecular formula is C18H30N2O. The lowest BCUT2D eigenvalue weighted by Crippen LogP contribution is -2.57. The largest absolute Gasteiger partial charge is 0.497 e. The summed E-state index contributed by atoms with van der Waals surface area (Å²) in [5.74, 6) is 2.43. The standard InChI is InChI=1S/C18H30N2O/c1-14-9-15(2)12-20(11-14)18(3,13-19)10-16-5-7-17(21-4)8-6-16/h5-8,14-15H,9-13,19H2,1-4H3. The minimum Gasteiger partial charge on any atom is -0.497 e. The zero-order valence-corrected chi connectivity index (χ0v) is 13.9. The molecule has 0 radical (unpaired) electrons. The van der Waals surface area contributed by atoms with Gasteiger partial charge < -0.3 is 10.5 Å². The Kier molecular flexibility index (Phi) is 5.28. The molecule has 1 aromatic carbocycles. The molecule has 21 heavy (non-hydrogen) atoms. The lowest BCUT2D eigenvalue weighted by molar-refractivity contribution is 0.0399. The van der Waals surface area contributed by atoms with E-state index in [-0.39, 0.29) is 5.54 Å². The molecule has 0 amide bonds. The second kappa shape index (κ2) is 6.80. The molecule has 2 rings (SSSR count). The molecule has 3 unspecified atom stereocenters. The maximum absolute atomic E-state index is 6.17. The van der Waals surface area contributed by atoms with Gasteiger partial charge in [0.2, 0.25) is 0 Å². The maximum Gasteiger partial charge on any atom is 0.118 e. The molecule has 0 aliphatic carbocycles. The van der Waals surface area contributed by atoms with E-state index in [0.29, 0.717) is 6.54 Å². The van der Waals surface area contributed by atoms with Gasteiger partial charge in [-0.1, -0.05) is 26.0 Å². The zero-order valence-electron chi connectivity index (χ0n) is 13.9. The van der Waals surface area contributed by atoms with Crippen molar-refractivity contribution < 1.29 is 4.74 Å². The van der Waals surface area contributed by atoms with Gasteiger partial charge in [0, 0.05) is 25.2 Å². The van der Waals surface area contributed by atoms with Gasteiger partial charge in [-0.2, -0.15) is 0 Å². The summed E-state index contributed by atoms with van der Waals surface area (Å²) < 4.78 is 5.23. The molecule has 3 atom stereocenters. The third-order valence-electron chi connectivity index (χ3n) is 4.82. The van der Waals surface area contributed by atoms with Crippen molar-refractivity contribution in [1.29, 1.82) is 0 Å². The van der Waals surface area contributed by atoms with Gasteiger partial charge in [-0.15, -0.1) is 0 Å². The van der Waals surface area contributed by atoms with Gasteiger partial charge in [0.25, 0.3) is 0 Å². The van der Waals surface area contributed by atoms with Gasteiger partial charge in [-0.05, 0) is 49.3 Å². The van der Waals surface area contributed by atoms with Gasteiger partial charge in [-0.25, -0.2) is 0 Å². The van der Waals surface area contributed by atoms with Crippen molar-refractivity contribution in [2.75, 3.05) is 26.7 Å². The van der Waals surface area contributed by atoms with Crippen molar-refractivity contribution in [2.24, 2.45) is 17.6 Å². The number of likely N-dealkylation sites (tertiary alicyclic amines) is 1. The zero-order chi connectivity index (χ0) is 15.5. The fourth-order valence-electron chi connectivity index (χ4n) is 3.60. The Morgan fingerprint density at radius 3 is 2.24 bits per heavy atom. The van der Waals surface area contributed by atoms with Crippen molar-refractivity contribution in [2.45, 2.75) is 39.2 Å². The topological polar surface area (TPSA) is 38.5 Å². The number of nitrogens with zero attached hydrogens (tertiary/aromatic N) is 1. The van der Waals surface area contributed by atoms with E-state index < -0.39 is 0 Å². The molecule has 1 aliphatic rings. The van der Waals surface area contributed by atoms with Gasteiger partial charge >= 0.3 is 0 Å². The van der Waals surface area contributed by atoms with Crippen LogP contribution in [-0.4, -0.2) is 37.2 Å². The molecule has 0 saturated carbocycles. The fourth-order valence-corrected chi connectivity index (χ4v) is 3.60. The first-order chi connectivity index (χ1) is 9.96. The van der Waals surface area contributed by atoms with Crippen LogP contribution < -0.4 is 10.5 Å². The highest BCUT2D eigenvalue weighted by Crippen LogP contribution is 2.29. The molecule has 1 aromatic rings. The summed E-state index contributed by atoms with van der Waals surface area (Å²) in [6.45, 7) is 10.0. The average molecular weight is 290 g/mol. The SMILES string of the molecule is COc1ccc(CC(C)(CN)N2CC(C)CC(C)C2)cc1.